The summed E-state index contributed by atoms with van der Waals surface area (Å²) in [6.45, 7) is 0. The number of aromatic carboxylic acids is 1. The number of H-pyrrole nitrogens is 1. The molecule has 1 heterocycles. The molecule has 6 heteroatoms. The normalized spacial score (nSPS) is 10.2. The smallest absolute Gasteiger partial charge is 0.336 e. The van der Waals surface area contributed by atoms with Crippen LogP contribution in [0.25, 0.3) is 11.1 Å². The molecule has 0 spiro atoms. The van der Waals surface area contributed by atoms with Crippen LogP contribution >= 0.6 is 0 Å². The van der Waals surface area contributed by atoms with Gasteiger partial charge in [-0.05, 0) is 17.7 Å². The molecule has 2 rings (SSSR count). The van der Waals surface area contributed by atoms with Gasteiger partial charge in [0.15, 0.2) is 6.29 Å². The predicted octanol–water partition coefficient (Wildman–Crippen LogP) is 1.69. The lowest BCUT2D eigenvalue weighted by atomic mass is 10.0. The first-order valence-electron chi connectivity index (χ1n) is 5.24. The van der Waals surface area contributed by atoms with Crippen LogP contribution in [0.4, 0.5) is 4.39 Å². The molecule has 1 aromatic carbocycles. The SMILES string of the molecule is O=Cc1ccc(-c2c[nH]c(=O)cc2C(=O)O)cc1F. The number of hydrogen-bond donors (Lipinski definition) is 2. The average Bonchev–Trinajstić information content (AvgIpc) is 2.38. The van der Waals surface area contributed by atoms with Crippen molar-refractivity contribution in [1.82, 2.24) is 4.98 Å². The Morgan fingerprint density at radius 2 is 2.05 bits per heavy atom. The average molecular weight is 261 g/mol. The highest BCUT2D eigenvalue weighted by Crippen LogP contribution is 2.23. The number of benzene rings is 1. The molecule has 1 aromatic heterocycles. The number of aromatic amines is 1. The molecule has 0 unspecified atom stereocenters. The Kier molecular flexibility index (Phi) is 3.24. The fraction of sp³-hybridized carbons (Fsp3) is 0. The van der Waals surface area contributed by atoms with Crippen LogP contribution in [-0.2, 0) is 0 Å². The first-order chi connectivity index (χ1) is 9.02. The highest BCUT2D eigenvalue weighted by molar-refractivity contribution is 5.95. The van der Waals surface area contributed by atoms with Gasteiger partial charge in [0.05, 0.1) is 11.1 Å². The first kappa shape index (κ1) is 12.7. The Balaban J connectivity index is 2.65. The van der Waals surface area contributed by atoms with Gasteiger partial charge < -0.3 is 10.1 Å². The fourth-order valence-corrected chi connectivity index (χ4v) is 1.68. The fourth-order valence-electron chi connectivity index (χ4n) is 1.68. The van der Waals surface area contributed by atoms with E-state index < -0.39 is 17.3 Å². The number of rotatable bonds is 3. The molecule has 96 valence electrons. The van der Waals surface area contributed by atoms with Gasteiger partial charge in [-0.25, -0.2) is 9.18 Å². The Labute approximate surface area is 106 Å². The van der Waals surface area contributed by atoms with Crippen molar-refractivity contribution in [3.8, 4) is 11.1 Å². The summed E-state index contributed by atoms with van der Waals surface area (Å²) >= 11 is 0. The molecule has 0 fully saturated rings. The number of carboxylic acid groups (broad SMARTS) is 1. The number of nitrogens with one attached hydrogen (secondary N) is 1. The van der Waals surface area contributed by atoms with Crippen molar-refractivity contribution in [3.63, 3.8) is 0 Å². The van der Waals surface area contributed by atoms with E-state index >= 15 is 0 Å². The van der Waals surface area contributed by atoms with Crippen molar-refractivity contribution in [2.24, 2.45) is 0 Å². The molecule has 5 nitrogen and oxygen atoms in total. The van der Waals surface area contributed by atoms with E-state index in [0.29, 0.717) is 6.29 Å². The molecule has 0 aliphatic heterocycles. The third kappa shape index (κ3) is 2.42. The summed E-state index contributed by atoms with van der Waals surface area (Å²) in [6, 6.07) is 4.62. The molecular weight excluding hydrogens is 253 g/mol. The van der Waals surface area contributed by atoms with Crippen molar-refractivity contribution in [2.75, 3.05) is 0 Å². The number of carbonyl (C=O) groups is 2. The summed E-state index contributed by atoms with van der Waals surface area (Å²) in [5.74, 6) is -2.05. The van der Waals surface area contributed by atoms with Crippen LogP contribution < -0.4 is 5.56 Å². The maximum absolute atomic E-state index is 13.5. The zero-order valence-electron chi connectivity index (χ0n) is 9.51. The van der Waals surface area contributed by atoms with Crippen molar-refractivity contribution >= 4 is 12.3 Å². The maximum atomic E-state index is 13.5. The van der Waals surface area contributed by atoms with E-state index in [4.69, 9.17) is 5.11 Å². The molecule has 0 aliphatic rings. The van der Waals surface area contributed by atoms with E-state index in [2.05, 4.69) is 4.98 Å². The molecule has 0 atom stereocenters. The Bertz CT molecular complexity index is 721. The zero-order valence-corrected chi connectivity index (χ0v) is 9.51. The van der Waals surface area contributed by atoms with Crippen molar-refractivity contribution in [2.45, 2.75) is 0 Å². The standard InChI is InChI=1S/C13H8FNO4/c14-11-3-7(1-2-8(11)6-16)10-5-15-12(17)4-9(10)13(18)19/h1-6H,(H,15,17)(H,18,19). The number of aromatic nitrogens is 1. The number of pyridine rings is 1. The predicted molar refractivity (Wildman–Crippen MR) is 64.8 cm³/mol. The number of hydrogen-bond acceptors (Lipinski definition) is 3. The van der Waals surface area contributed by atoms with Gasteiger partial charge in [-0.3, -0.25) is 9.59 Å². The van der Waals surface area contributed by atoms with E-state index in [-0.39, 0.29) is 22.3 Å². The minimum Gasteiger partial charge on any atom is -0.478 e. The van der Waals surface area contributed by atoms with Gasteiger partial charge in [0, 0.05) is 17.8 Å². The number of carbonyl (C=O) groups excluding carboxylic acids is 1. The lowest BCUT2D eigenvalue weighted by molar-refractivity contribution is 0.0697. The van der Waals surface area contributed by atoms with Crippen molar-refractivity contribution < 1.29 is 19.1 Å². The van der Waals surface area contributed by atoms with Crippen LogP contribution in [0.2, 0.25) is 0 Å². The summed E-state index contributed by atoms with van der Waals surface area (Å²) in [6.07, 6.45) is 1.56. The third-order valence-corrected chi connectivity index (χ3v) is 2.59. The van der Waals surface area contributed by atoms with Crippen molar-refractivity contribution in [1.29, 1.82) is 0 Å². The monoisotopic (exact) mass is 261 g/mol. The van der Waals surface area contributed by atoms with Crippen LogP contribution in [0, 0.1) is 5.82 Å². The van der Waals surface area contributed by atoms with E-state index in [1.165, 1.54) is 18.3 Å². The van der Waals surface area contributed by atoms with Crippen LogP contribution in [0.3, 0.4) is 0 Å². The Hall–Kier alpha value is -2.76. The van der Waals surface area contributed by atoms with Crippen molar-refractivity contribution in [3.05, 3.63) is 57.8 Å². The summed E-state index contributed by atoms with van der Waals surface area (Å²) < 4.78 is 13.5. The molecule has 0 saturated carbocycles. The summed E-state index contributed by atoms with van der Waals surface area (Å²) in [7, 11) is 0. The molecule has 19 heavy (non-hydrogen) atoms. The molecule has 0 amide bonds. The number of aldehydes is 1. The second-order valence-electron chi connectivity index (χ2n) is 3.78. The lowest BCUT2D eigenvalue weighted by Crippen LogP contribution is -2.10. The second-order valence-corrected chi connectivity index (χ2v) is 3.78. The molecule has 0 saturated heterocycles. The topological polar surface area (TPSA) is 87.2 Å². The van der Waals surface area contributed by atoms with Crippen LogP contribution in [0.5, 0.6) is 0 Å². The Morgan fingerprint density at radius 1 is 1.32 bits per heavy atom. The summed E-state index contributed by atoms with van der Waals surface area (Å²) in [5.41, 5.74) is -0.488. The molecule has 2 N–H and O–H groups in total. The quantitative estimate of drug-likeness (QED) is 0.823. The van der Waals surface area contributed by atoms with Gasteiger partial charge in [0.25, 0.3) is 0 Å². The van der Waals surface area contributed by atoms with Gasteiger partial charge in [0.2, 0.25) is 5.56 Å². The molecule has 0 aliphatic carbocycles. The van der Waals surface area contributed by atoms with Crippen LogP contribution in [-0.4, -0.2) is 22.3 Å². The minimum atomic E-state index is -1.29. The number of carboxylic acids is 1. The summed E-state index contributed by atoms with van der Waals surface area (Å²) in [5, 5.41) is 9.02. The second kappa shape index (κ2) is 4.85. The van der Waals surface area contributed by atoms with E-state index in [1.54, 1.807) is 0 Å². The molecule has 0 bridgehead atoms. The lowest BCUT2D eigenvalue weighted by Gasteiger charge is -2.06. The molecular formula is C13H8FNO4. The maximum Gasteiger partial charge on any atom is 0.336 e. The highest BCUT2D eigenvalue weighted by Gasteiger charge is 2.14. The largest absolute Gasteiger partial charge is 0.478 e. The molecule has 2 aromatic rings. The minimum absolute atomic E-state index is 0.120. The van der Waals surface area contributed by atoms with Gasteiger partial charge in [-0.15, -0.1) is 0 Å². The van der Waals surface area contributed by atoms with Crippen LogP contribution in [0.1, 0.15) is 20.7 Å². The number of halogens is 1. The van der Waals surface area contributed by atoms with Gasteiger partial charge in [-0.2, -0.15) is 0 Å². The van der Waals surface area contributed by atoms with E-state index in [0.717, 1.165) is 12.1 Å². The van der Waals surface area contributed by atoms with Crippen LogP contribution in [0.15, 0.2) is 35.3 Å². The van der Waals surface area contributed by atoms with Gasteiger partial charge in [0.1, 0.15) is 5.82 Å². The first-order valence-corrected chi connectivity index (χ1v) is 5.24. The third-order valence-electron chi connectivity index (χ3n) is 2.59. The summed E-state index contributed by atoms with van der Waals surface area (Å²) in [4.78, 5) is 35.0. The van der Waals surface area contributed by atoms with Gasteiger partial charge >= 0.3 is 5.97 Å². The highest BCUT2D eigenvalue weighted by atomic mass is 19.1. The molecule has 0 radical (unpaired) electrons. The van der Waals surface area contributed by atoms with E-state index in [9.17, 15) is 18.8 Å². The zero-order chi connectivity index (χ0) is 14.0. The van der Waals surface area contributed by atoms with Gasteiger partial charge in [-0.1, -0.05) is 6.07 Å². The van der Waals surface area contributed by atoms with E-state index in [1.807, 2.05) is 0 Å². The Morgan fingerprint density at radius 3 is 2.63 bits per heavy atom.